The van der Waals surface area contributed by atoms with Crippen LogP contribution in [0.2, 0.25) is 0 Å². The van der Waals surface area contributed by atoms with E-state index in [-0.39, 0.29) is 24.8 Å². The summed E-state index contributed by atoms with van der Waals surface area (Å²) in [6, 6.07) is 22.9. The maximum atomic E-state index is 11.5. The molecule has 3 N–H and O–H groups in total. The molecule has 0 fully saturated rings. The number of pyridine rings is 1. The highest BCUT2D eigenvalue weighted by Gasteiger charge is 2.17. The van der Waals surface area contributed by atoms with Gasteiger partial charge >= 0.3 is 11.9 Å². The molecular weight excluding hydrogens is 598 g/mol. The number of nitrogens with one attached hydrogen (secondary N) is 1. The Labute approximate surface area is 274 Å². The van der Waals surface area contributed by atoms with Crippen molar-refractivity contribution in [1.29, 1.82) is 0 Å². The van der Waals surface area contributed by atoms with Gasteiger partial charge in [0.15, 0.2) is 5.82 Å². The van der Waals surface area contributed by atoms with Crippen LogP contribution in [0.4, 0.5) is 5.82 Å². The molecule has 2 heterocycles. The van der Waals surface area contributed by atoms with Gasteiger partial charge in [-0.2, -0.15) is 0 Å². The van der Waals surface area contributed by atoms with Crippen LogP contribution in [0.25, 0.3) is 21.9 Å². The van der Waals surface area contributed by atoms with Gasteiger partial charge in [-0.3, -0.25) is 14.4 Å². The van der Waals surface area contributed by atoms with Gasteiger partial charge in [0.05, 0.1) is 38.1 Å². The second kappa shape index (κ2) is 17.5. The molecular formula is C36H41N5O6. The zero-order valence-corrected chi connectivity index (χ0v) is 27.0. The summed E-state index contributed by atoms with van der Waals surface area (Å²) in [6.07, 6.45) is 2.15. The van der Waals surface area contributed by atoms with E-state index < -0.39 is 0 Å². The number of carbonyl (C=O) groups is 3. The normalized spacial score (nSPS) is 10.8. The molecule has 0 saturated carbocycles. The molecule has 0 bridgehead atoms. The summed E-state index contributed by atoms with van der Waals surface area (Å²) in [5.41, 5.74) is 12.3. The highest BCUT2D eigenvalue weighted by Crippen LogP contribution is 2.29. The van der Waals surface area contributed by atoms with E-state index in [1.54, 1.807) is 24.3 Å². The van der Waals surface area contributed by atoms with E-state index in [2.05, 4.69) is 31.7 Å². The van der Waals surface area contributed by atoms with E-state index in [1.165, 1.54) is 14.2 Å². The quantitative estimate of drug-likeness (QED) is 0.0985. The van der Waals surface area contributed by atoms with Crippen molar-refractivity contribution in [2.45, 2.75) is 45.9 Å². The van der Waals surface area contributed by atoms with Crippen molar-refractivity contribution in [3.63, 3.8) is 0 Å². The van der Waals surface area contributed by atoms with E-state index in [0.29, 0.717) is 24.6 Å². The minimum Gasteiger partial charge on any atom is -0.469 e. The van der Waals surface area contributed by atoms with Gasteiger partial charge in [-0.25, -0.2) is 9.97 Å². The third kappa shape index (κ3) is 9.68. The van der Waals surface area contributed by atoms with Gasteiger partial charge in [-0.15, -0.1) is 0 Å². The molecule has 5 aromatic rings. The number of hydrogen-bond donors (Lipinski definition) is 2. The highest BCUT2D eigenvalue weighted by atomic mass is 16.5. The first-order valence-electron chi connectivity index (χ1n) is 15.4. The van der Waals surface area contributed by atoms with Crippen LogP contribution >= 0.6 is 0 Å². The average molecular weight is 640 g/mol. The number of aldehydes is 1. The van der Waals surface area contributed by atoms with Gasteiger partial charge in [-0.1, -0.05) is 60.7 Å². The topological polar surface area (TPSA) is 148 Å². The van der Waals surface area contributed by atoms with Crippen molar-refractivity contribution in [2.24, 2.45) is 0 Å². The Morgan fingerprint density at radius 3 is 2.28 bits per heavy atom. The van der Waals surface area contributed by atoms with Gasteiger partial charge in [0.2, 0.25) is 0 Å². The molecule has 0 atom stereocenters. The van der Waals surface area contributed by atoms with Crippen LogP contribution in [-0.2, 0) is 56.3 Å². The third-order valence-corrected chi connectivity index (χ3v) is 7.42. The molecule has 2 aromatic heterocycles. The minimum atomic E-state index is -0.303. The molecule has 0 spiro atoms. The fraction of sp³-hybridized carbons (Fsp3) is 0.306. The second-order valence-electron chi connectivity index (χ2n) is 10.7. The maximum absolute atomic E-state index is 11.5. The van der Waals surface area contributed by atoms with E-state index >= 15 is 0 Å². The second-order valence-corrected chi connectivity index (χ2v) is 10.7. The first-order chi connectivity index (χ1) is 22.9. The predicted octanol–water partition coefficient (Wildman–Crippen LogP) is 4.81. The Hall–Kier alpha value is -5.13. The summed E-state index contributed by atoms with van der Waals surface area (Å²) in [5, 5.41) is 4.54. The number of para-hydroxylation sites is 1. The molecule has 0 aliphatic carbocycles. The molecule has 0 radical (unpaired) electrons. The van der Waals surface area contributed by atoms with Crippen LogP contribution < -0.4 is 11.1 Å². The first kappa shape index (κ1) is 34.7. The van der Waals surface area contributed by atoms with Gasteiger partial charge in [-0.05, 0) is 48.7 Å². The molecule has 0 unspecified atom stereocenters. The van der Waals surface area contributed by atoms with Crippen molar-refractivity contribution in [2.75, 3.05) is 33.1 Å². The number of benzene rings is 3. The number of nitrogen functional groups attached to an aromatic ring is 1. The van der Waals surface area contributed by atoms with Crippen LogP contribution in [0.5, 0.6) is 0 Å². The van der Waals surface area contributed by atoms with Crippen molar-refractivity contribution in [3.05, 3.63) is 101 Å². The fourth-order valence-corrected chi connectivity index (χ4v) is 5.15. The van der Waals surface area contributed by atoms with Gasteiger partial charge < -0.3 is 29.8 Å². The molecule has 0 saturated heterocycles. The molecule has 3 aromatic carbocycles. The van der Waals surface area contributed by atoms with E-state index in [0.717, 1.165) is 76.8 Å². The summed E-state index contributed by atoms with van der Waals surface area (Å²) in [4.78, 5) is 42.1. The number of fused-ring (bicyclic) bond motifs is 3. The number of hydrogen-bond acceptors (Lipinski definition) is 10. The number of rotatable bonds is 14. The Bertz CT molecular complexity index is 1820. The molecule has 11 nitrogen and oxygen atoms in total. The number of methoxy groups -OCH3 is 2. The molecule has 0 aliphatic heterocycles. The molecule has 0 amide bonds. The lowest BCUT2D eigenvalue weighted by Crippen LogP contribution is -2.17. The van der Waals surface area contributed by atoms with Crippen molar-refractivity contribution >= 4 is 46.0 Å². The molecule has 246 valence electrons. The molecule has 11 heteroatoms. The standard InChI is InChI=1S/C26H31N5O3.C10H10O3/c1-3-34-17-22-30-24-25(20-10-4-5-11-21(20)29-26(24)27)31(22)13-7-12-28-16-19-9-6-8-18(14-19)15-23(32)33-2;1-13-10(12)6-8-3-2-4-9(5-8)7-11/h4-6,8-11,14,28H,3,7,12-13,15-17H2,1-2H3,(H2,27,29);2-5,7H,6H2,1H3. The summed E-state index contributed by atoms with van der Waals surface area (Å²) in [7, 11) is 2.75. The third-order valence-electron chi connectivity index (χ3n) is 7.42. The molecule has 47 heavy (non-hydrogen) atoms. The average Bonchev–Trinajstić information content (AvgIpc) is 3.46. The number of imidazole rings is 1. The summed E-state index contributed by atoms with van der Waals surface area (Å²) < 4.78 is 17.2. The number of aromatic nitrogens is 3. The minimum absolute atomic E-state index is 0.207. The zero-order valence-electron chi connectivity index (χ0n) is 27.0. The van der Waals surface area contributed by atoms with E-state index in [9.17, 15) is 14.4 Å². The Kier molecular flexibility index (Phi) is 13.0. The largest absolute Gasteiger partial charge is 0.469 e. The SMILES string of the molecule is CCOCc1nc2c(N)nc3ccccc3c2n1CCCNCc1cccc(CC(=O)OC)c1.COC(=O)Cc1cccc(C=O)c1. The number of carbonyl (C=O) groups excluding carboxylic acids is 3. The van der Waals surface area contributed by atoms with E-state index in [4.69, 9.17) is 20.2 Å². The summed E-state index contributed by atoms with van der Waals surface area (Å²) in [6.45, 7) is 5.36. The Morgan fingerprint density at radius 2 is 1.57 bits per heavy atom. The maximum Gasteiger partial charge on any atom is 0.309 e. The van der Waals surface area contributed by atoms with Crippen LogP contribution in [0, 0.1) is 0 Å². The number of anilines is 1. The van der Waals surface area contributed by atoms with Crippen LogP contribution in [0.15, 0.2) is 72.8 Å². The molecule has 5 rings (SSSR count). The van der Waals surface area contributed by atoms with Crippen molar-refractivity contribution in [1.82, 2.24) is 19.9 Å². The van der Waals surface area contributed by atoms with Gasteiger partial charge in [0.25, 0.3) is 0 Å². The number of esters is 2. The smallest absolute Gasteiger partial charge is 0.309 e. The predicted molar refractivity (Wildman–Crippen MR) is 181 cm³/mol. The monoisotopic (exact) mass is 639 g/mol. The Balaban J connectivity index is 0.000000323. The summed E-state index contributed by atoms with van der Waals surface area (Å²) in [5.74, 6) is 0.763. The number of nitrogens with two attached hydrogens (primary N) is 1. The number of nitrogens with zero attached hydrogens (tertiary/aromatic N) is 3. The lowest BCUT2D eigenvalue weighted by molar-refractivity contribution is -0.140. The van der Waals surface area contributed by atoms with Crippen LogP contribution in [0.3, 0.4) is 0 Å². The van der Waals surface area contributed by atoms with E-state index in [1.807, 2.05) is 43.3 Å². The first-order valence-corrected chi connectivity index (χ1v) is 15.4. The molecule has 0 aliphatic rings. The van der Waals surface area contributed by atoms with Gasteiger partial charge in [0.1, 0.15) is 24.2 Å². The van der Waals surface area contributed by atoms with Crippen LogP contribution in [0.1, 0.15) is 46.2 Å². The fourth-order valence-electron chi connectivity index (χ4n) is 5.15. The number of ether oxygens (including phenoxy) is 3. The summed E-state index contributed by atoms with van der Waals surface area (Å²) >= 11 is 0. The number of aryl methyl sites for hydroxylation is 1. The van der Waals surface area contributed by atoms with Gasteiger partial charge in [0, 0.05) is 30.6 Å². The Morgan fingerprint density at radius 1 is 0.894 bits per heavy atom. The lowest BCUT2D eigenvalue weighted by atomic mass is 10.1. The zero-order chi connectivity index (χ0) is 33.6. The lowest BCUT2D eigenvalue weighted by Gasteiger charge is -2.12. The van der Waals surface area contributed by atoms with Crippen LogP contribution in [-0.4, -0.2) is 60.1 Å². The highest BCUT2D eigenvalue weighted by molar-refractivity contribution is 6.06. The van der Waals surface area contributed by atoms with Crippen molar-refractivity contribution < 1.29 is 28.6 Å². The van der Waals surface area contributed by atoms with Crippen molar-refractivity contribution in [3.8, 4) is 0 Å².